The second kappa shape index (κ2) is 8.29. The van der Waals surface area contributed by atoms with Crippen LogP contribution in [0.15, 0.2) is 18.2 Å². The molecule has 0 unspecified atom stereocenters. The molecule has 0 heterocycles. The Labute approximate surface area is 126 Å². The number of nitrogens with one attached hydrogen (secondary N) is 2. The van der Waals surface area contributed by atoms with Crippen LogP contribution in [-0.4, -0.2) is 25.2 Å². The molecule has 2 amide bonds. The molecule has 0 atom stereocenters. The maximum Gasteiger partial charge on any atom is 0.339 e. The van der Waals surface area contributed by atoms with Gasteiger partial charge in [0.15, 0.2) is 0 Å². The number of carbonyl (C=O) groups excluding carboxylic acids is 2. The molecule has 0 aliphatic heterocycles. The van der Waals surface area contributed by atoms with Gasteiger partial charge in [-0.1, -0.05) is 19.4 Å². The standard InChI is InChI=1S/C16H24N2O3/c1-5-6-7-12-8-9-14(13(10-12)15(19)21-4)18-16(20)17-11(2)3/h8-11H,5-7H2,1-4H3,(H2,17,18,20). The van der Waals surface area contributed by atoms with E-state index in [0.717, 1.165) is 24.8 Å². The summed E-state index contributed by atoms with van der Waals surface area (Å²) in [7, 11) is 1.33. The fourth-order valence-electron chi connectivity index (χ4n) is 1.94. The Morgan fingerprint density at radius 1 is 1.29 bits per heavy atom. The number of hydrogen-bond acceptors (Lipinski definition) is 3. The van der Waals surface area contributed by atoms with Crippen molar-refractivity contribution in [2.24, 2.45) is 0 Å². The highest BCUT2D eigenvalue weighted by atomic mass is 16.5. The molecule has 116 valence electrons. The number of carbonyl (C=O) groups is 2. The number of aryl methyl sites for hydroxylation is 1. The summed E-state index contributed by atoms with van der Waals surface area (Å²) < 4.78 is 4.79. The third kappa shape index (κ3) is 5.45. The first-order chi connectivity index (χ1) is 9.97. The van der Waals surface area contributed by atoms with Crippen molar-refractivity contribution >= 4 is 17.7 Å². The summed E-state index contributed by atoms with van der Waals surface area (Å²) in [6.07, 6.45) is 3.05. The van der Waals surface area contributed by atoms with Crippen LogP contribution in [0.25, 0.3) is 0 Å². The largest absolute Gasteiger partial charge is 0.465 e. The van der Waals surface area contributed by atoms with Gasteiger partial charge in [-0.05, 0) is 44.4 Å². The molecular weight excluding hydrogens is 268 g/mol. The van der Waals surface area contributed by atoms with Crippen LogP contribution in [0.4, 0.5) is 10.5 Å². The van der Waals surface area contributed by atoms with Gasteiger partial charge in [-0.2, -0.15) is 0 Å². The normalized spacial score (nSPS) is 10.3. The molecule has 2 N–H and O–H groups in total. The molecule has 5 nitrogen and oxygen atoms in total. The Balaban J connectivity index is 2.96. The monoisotopic (exact) mass is 292 g/mol. The first kappa shape index (κ1) is 17.0. The minimum atomic E-state index is -0.451. The van der Waals surface area contributed by atoms with Crippen molar-refractivity contribution in [1.82, 2.24) is 5.32 Å². The number of urea groups is 1. The van der Waals surface area contributed by atoms with Gasteiger partial charge in [0.05, 0.1) is 18.4 Å². The predicted octanol–water partition coefficient (Wildman–Crippen LogP) is 3.35. The Bertz CT molecular complexity index is 498. The summed E-state index contributed by atoms with van der Waals surface area (Å²) >= 11 is 0. The number of hydrogen-bond donors (Lipinski definition) is 2. The van der Waals surface area contributed by atoms with E-state index in [9.17, 15) is 9.59 Å². The molecule has 1 rings (SSSR count). The molecule has 0 bridgehead atoms. The number of rotatable bonds is 6. The number of benzene rings is 1. The summed E-state index contributed by atoms with van der Waals surface area (Å²) in [6, 6.07) is 5.14. The van der Waals surface area contributed by atoms with Crippen molar-refractivity contribution < 1.29 is 14.3 Å². The quantitative estimate of drug-likeness (QED) is 0.790. The summed E-state index contributed by atoms with van der Waals surface area (Å²) in [6.45, 7) is 5.86. The maximum atomic E-state index is 11.9. The van der Waals surface area contributed by atoms with Crippen LogP contribution >= 0.6 is 0 Å². The van der Waals surface area contributed by atoms with Crippen LogP contribution in [0.3, 0.4) is 0 Å². The highest BCUT2D eigenvalue weighted by Crippen LogP contribution is 2.20. The van der Waals surface area contributed by atoms with Gasteiger partial charge in [0.2, 0.25) is 0 Å². The van der Waals surface area contributed by atoms with E-state index in [4.69, 9.17) is 4.74 Å². The molecule has 0 saturated heterocycles. The van der Waals surface area contributed by atoms with Crippen LogP contribution in [0, 0.1) is 0 Å². The minimum Gasteiger partial charge on any atom is -0.465 e. The number of anilines is 1. The zero-order valence-corrected chi connectivity index (χ0v) is 13.2. The average Bonchev–Trinajstić information content (AvgIpc) is 2.44. The number of ether oxygens (including phenoxy) is 1. The number of unbranched alkanes of at least 4 members (excludes halogenated alkanes) is 1. The van der Waals surface area contributed by atoms with Crippen molar-refractivity contribution in [3.8, 4) is 0 Å². The lowest BCUT2D eigenvalue weighted by atomic mass is 10.0. The summed E-state index contributed by atoms with van der Waals surface area (Å²) in [4.78, 5) is 23.6. The maximum absolute atomic E-state index is 11.9. The van der Waals surface area contributed by atoms with Crippen molar-refractivity contribution in [2.45, 2.75) is 46.1 Å². The third-order valence-corrected chi connectivity index (χ3v) is 2.98. The van der Waals surface area contributed by atoms with E-state index < -0.39 is 5.97 Å². The molecule has 0 saturated carbocycles. The van der Waals surface area contributed by atoms with Gasteiger partial charge in [0.25, 0.3) is 0 Å². The van der Waals surface area contributed by atoms with Crippen LogP contribution in [0.5, 0.6) is 0 Å². The van der Waals surface area contributed by atoms with E-state index in [-0.39, 0.29) is 12.1 Å². The lowest BCUT2D eigenvalue weighted by molar-refractivity contribution is 0.0602. The van der Waals surface area contributed by atoms with Crippen molar-refractivity contribution in [3.05, 3.63) is 29.3 Å². The number of amides is 2. The summed E-state index contributed by atoms with van der Waals surface area (Å²) in [5.74, 6) is -0.451. The molecular formula is C16H24N2O3. The number of esters is 1. The molecule has 5 heteroatoms. The van der Waals surface area contributed by atoms with Gasteiger partial charge < -0.3 is 15.4 Å². The highest BCUT2D eigenvalue weighted by molar-refractivity contribution is 6.01. The SMILES string of the molecule is CCCCc1ccc(NC(=O)NC(C)C)c(C(=O)OC)c1. The van der Waals surface area contributed by atoms with Gasteiger partial charge in [-0.15, -0.1) is 0 Å². The summed E-state index contributed by atoms with van der Waals surface area (Å²) in [5.41, 5.74) is 1.90. The smallest absolute Gasteiger partial charge is 0.339 e. The molecule has 0 spiro atoms. The van der Waals surface area contributed by atoms with Crippen molar-refractivity contribution in [3.63, 3.8) is 0 Å². The minimum absolute atomic E-state index is 0.0235. The van der Waals surface area contributed by atoms with Crippen LogP contribution in [-0.2, 0) is 11.2 Å². The third-order valence-electron chi connectivity index (χ3n) is 2.98. The van der Waals surface area contributed by atoms with E-state index in [1.165, 1.54) is 7.11 Å². The predicted molar refractivity (Wildman–Crippen MR) is 83.7 cm³/mol. The highest BCUT2D eigenvalue weighted by Gasteiger charge is 2.15. The van der Waals surface area contributed by atoms with Crippen LogP contribution in [0.2, 0.25) is 0 Å². The van der Waals surface area contributed by atoms with Gasteiger partial charge in [0.1, 0.15) is 0 Å². The fraction of sp³-hybridized carbons (Fsp3) is 0.500. The molecule has 1 aromatic rings. The molecule has 1 aromatic carbocycles. The van der Waals surface area contributed by atoms with E-state index in [1.54, 1.807) is 12.1 Å². The molecule has 21 heavy (non-hydrogen) atoms. The second-order valence-electron chi connectivity index (χ2n) is 5.23. The van der Waals surface area contributed by atoms with Crippen LogP contribution in [0.1, 0.15) is 49.5 Å². The zero-order valence-electron chi connectivity index (χ0n) is 13.2. The molecule has 0 aliphatic carbocycles. The van der Waals surface area contributed by atoms with E-state index in [1.807, 2.05) is 19.9 Å². The van der Waals surface area contributed by atoms with Crippen molar-refractivity contribution in [1.29, 1.82) is 0 Å². The van der Waals surface area contributed by atoms with Crippen LogP contribution < -0.4 is 10.6 Å². The molecule has 0 aliphatic rings. The Kier molecular flexibility index (Phi) is 6.72. The zero-order chi connectivity index (χ0) is 15.8. The van der Waals surface area contributed by atoms with E-state index >= 15 is 0 Å². The van der Waals surface area contributed by atoms with Gasteiger partial charge in [0, 0.05) is 6.04 Å². The molecule has 0 radical (unpaired) electrons. The lowest BCUT2D eigenvalue weighted by Gasteiger charge is -2.14. The Morgan fingerprint density at radius 3 is 2.57 bits per heavy atom. The second-order valence-corrected chi connectivity index (χ2v) is 5.23. The first-order valence-corrected chi connectivity index (χ1v) is 7.26. The molecule has 0 aromatic heterocycles. The van der Waals surface area contributed by atoms with E-state index in [2.05, 4.69) is 17.6 Å². The fourth-order valence-corrected chi connectivity index (χ4v) is 1.94. The average molecular weight is 292 g/mol. The summed E-state index contributed by atoms with van der Waals surface area (Å²) in [5, 5.41) is 5.41. The van der Waals surface area contributed by atoms with Gasteiger partial charge in [-0.3, -0.25) is 0 Å². The van der Waals surface area contributed by atoms with Crippen molar-refractivity contribution in [2.75, 3.05) is 12.4 Å². The van der Waals surface area contributed by atoms with Gasteiger partial charge in [-0.25, -0.2) is 9.59 Å². The van der Waals surface area contributed by atoms with E-state index in [0.29, 0.717) is 11.3 Å². The van der Waals surface area contributed by atoms with Gasteiger partial charge >= 0.3 is 12.0 Å². The molecule has 0 fully saturated rings. The topological polar surface area (TPSA) is 67.4 Å². The Hall–Kier alpha value is -2.04. The lowest BCUT2D eigenvalue weighted by Crippen LogP contribution is -2.34. The number of methoxy groups -OCH3 is 1. The Morgan fingerprint density at radius 2 is 2.00 bits per heavy atom. The first-order valence-electron chi connectivity index (χ1n) is 7.26.